The summed E-state index contributed by atoms with van der Waals surface area (Å²) in [6.07, 6.45) is 0. The third-order valence-electron chi connectivity index (χ3n) is 3.04. The molecule has 0 bridgehead atoms. The highest BCUT2D eigenvalue weighted by Gasteiger charge is 2.28. The van der Waals surface area contributed by atoms with Crippen LogP contribution < -0.4 is 5.32 Å². The molecule has 3 aromatic rings. The third-order valence-corrected chi connectivity index (χ3v) is 3.55. The first kappa shape index (κ1) is 16.2. The summed E-state index contributed by atoms with van der Waals surface area (Å²) in [6, 6.07) is 10.1. The van der Waals surface area contributed by atoms with E-state index in [-0.39, 0.29) is 17.3 Å². The smallest absolute Gasteiger partial charge is 0.250 e. The maximum Gasteiger partial charge on any atom is 0.250 e. The van der Waals surface area contributed by atoms with Gasteiger partial charge in [-0.3, -0.25) is 0 Å². The number of hydrogen-bond donors (Lipinski definition) is 1. The summed E-state index contributed by atoms with van der Waals surface area (Å²) in [6.45, 7) is 0. The Labute approximate surface area is 145 Å². The molecular formula is C15H8Cl3F2N3. The first-order valence-electron chi connectivity index (χ1n) is 6.40. The van der Waals surface area contributed by atoms with Crippen molar-refractivity contribution < 1.29 is 8.78 Å². The highest BCUT2D eigenvalue weighted by molar-refractivity contribution is 6.66. The molecule has 3 nitrogen and oxygen atoms in total. The van der Waals surface area contributed by atoms with Gasteiger partial charge in [0.1, 0.15) is 17.5 Å². The number of fused-ring (bicyclic) bond motifs is 1. The van der Waals surface area contributed by atoms with Gasteiger partial charge in [0, 0.05) is 11.5 Å². The summed E-state index contributed by atoms with van der Waals surface area (Å²) in [4.78, 5) is 8.34. The van der Waals surface area contributed by atoms with Crippen LogP contribution in [0.2, 0.25) is 0 Å². The molecular weight excluding hydrogens is 367 g/mol. The Hall–Kier alpha value is -1.69. The zero-order valence-electron chi connectivity index (χ0n) is 11.3. The summed E-state index contributed by atoms with van der Waals surface area (Å²) in [7, 11) is 0. The Morgan fingerprint density at radius 3 is 2.39 bits per heavy atom. The molecule has 0 amide bonds. The van der Waals surface area contributed by atoms with Crippen LogP contribution in [0.25, 0.3) is 10.9 Å². The number of aromatic nitrogens is 2. The van der Waals surface area contributed by atoms with Crippen LogP contribution >= 0.6 is 34.8 Å². The summed E-state index contributed by atoms with van der Waals surface area (Å²) in [5.74, 6) is -1.24. The number of nitrogens with one attached hydrogen (secondary N) is 1. The standard InChI is InChI=1S/C15H8Cl3F2N3/c16-15(17,18)14-22-11-4-2-1-3-9(11)13(23-14)21-12-6-5-8(19)7-10(12)20/h1-7H,(H,21,22,23). The Morgan fingerprint density at radius 1 is 0.957 bits per heavy atom. The molecule has 23 heavy (non-hydrogen) atoms. The Morgan fingerprint density at radius 2 is 1.70 bits per heavy atom. The lowest BCUT2D eigenvalue weighted by atomic mass is 10.2. The highest BCUT2D eigenvalue weighted by Crippen LogP contribution is 2.38. The van der Waals surface area contributed by atoms with Crippen molar-refractivity contribution >= 4 is 57.2 Å². The molecule has 0 fully saturated rings. The molecule has 0 saturated carbocycles. The summed E-state index contributed by atoms with van der Waals surface area (Å²) >= 11 is 17.5. The van der Waals surface area contributed by atoms with E-state index in [1.165, 1.54) is 6.07 Å². The predicted molar refractivity (Wildman–Crippen MR) is 88.4 cm³/mol. The topological polar surface area (TPSA) is 37.8 Å². The molecule has 0 atom stereocenters. The van der Waals surface area contributed by atoms with Crippen LogP contribution in [-0.2, 0) is 3.79 Å². The Kier molecular flexibility index (Phi) is 4.27. The monoisotopic (exact) mass is 373 g/mol. The molecule has 2 aromatic carbocycles. The Bertz CT molecular complexity index is 881. The molecule has 0 saturated heterocycles. The number of rotatable bonds is 2. The van der Waals surface area contributed by atoms with E-state index in [0.29, 0.717) is 10.9 Å². The van der Waals surface area contributed by atoms with Gasteiger partial charge in [-0.15, -0.1) is 0 Å². The van der Waals surface area contributed by atoms with Crippen molar-refractivity contribution in [1.82, 2.24) is 9.97 Å². The minimum atomic E-state index is -1.83. The van der Waals surface area contributed by atoms with E-state index >= 15 is 0 Å². The van der Waals surface area contributed by atoms with Gasteiger partial charge in [0.15, 0.2) is 5.82 Å². The van der Waals surface area contributed by atoms with E-state index in [9.17, 15) is 8.78 Å². The van der Waals surface area contributed by atoms with Crippen molar-refractivity contribution in [3.63, 3.8) is 0 Å². The van der Waals surface area contributed by atoms with Crippen LogP contribution in [0, 0.1) is 11.6 Å². The van der Waals surface area contributed by atoms with E-state index in [1.54, 1.807) is 24.3 Å². The van der Waals surface area contributed by atoms with Gasteiger partial charge in [0.05, 0.1) is 11.2 Å². The van der Waals surface area contributed by atoms with Crippen molar-refractivity contribution in [2.24, 2.45) is 0 Å². The van der Waals surface area contributed by atoms with Crippen LogP contribution in [0.3, 0.4) is 0 Å². The third kappa shape index (κ3) is 3.47. The second kappa shape index (κ2) is 6.07. The molecule has 1 aromatic heterocycles. The fourth-order valence-electron chi connectivity index (χ4n) is 2.02. The first-order chi connectivity index (χ1) is 10.8. The zero-order valence-corrected chi connectivity index (χ0v) is 13.6. The van der Waals surface area contributed by atoms with Gasteiger partial charge in [0.2, 0.25) is 3.79 Å². The van der Waals surface area contributed by atoms with Crippen molar-refractivity contribution in [3.05, 3.63) is 59.9 Å². The number of para-hydroxylation sites is 1. The number of benzene rings is 2. The van der Waals surface area contributed by atoms with Crippen molar-refractivity contribution in [3.8, 4) is 0 Å². The van der Waals surface area contributed by atoms with E-state index < -0.39 is 15.4 Å². The SMILES string of the molecule is Fc1ccc(Nc2nc(C(Cl)(Cl)Cl)nc3ccccc23)c(F)c1. The summed E-state index contributed by atoms with van der Waals surface area (Å²) in [5.41, 5.74) is 0.569. The van der Waals surface area contributed by atoms with Crippen LogP contribution in [-0.4, -0.2) is 9.97 Å². The van der Waals surface area contributed by atoms with Crippen LogP contribution in [0.15, 0.2) is 42.5 Å². The predicted octanol–water partition coefficient (Wildman–Crippen LogP) is 5.48. The van der Waals surface area contributed by atoms with Crippen molar-refractivity contribution in [1.29, 1.82) is 0 Å². The molecule has 0 aliphatic rings. The molecule has 0 aliphatic heterocycles. The van der Waals surface area contributed by atoms with E-state index in [1.807, 2.05) is 0 Å². The lowest BCUT2D eigenvalue weighted by Crippen LogP contribution is -2.10. The second-order valence-electron chi connectivity index (χ2n) is 4.66. The van der Waals surface area contributed by atoms with Crippen molar-refractivity contribution in [2.75, 3.05) is 5.32 Å². The number of halogens is 5. The molecule has 0 spiro atoms. The Balaban J connectivity index is 2.15. The second-order valence-corrected chi connectivity index (χ2v) is 6.94. The lowest BCUT2D eigenvalue weighted by Gasteiger charge is -2.14. The van der Waals surface area contributed by atoms with Gasteiger partial charge < -0.3 is 5.32 Å². The maximum absolute atomic E-state index is 13.8. The minimum Gasteiger partial charge on any atom is -0.337 e. The quantitative estimate of drug-likeness (QED) is 0.604. The largest absolute Gasteiger partial charge is 0.337 e. The van der Waals surface area contributed by atoms with Crippen molar-refractivity contribution in [2.45, 2.75) is 3.79 Å². The molecule has 1 heterocycles. The van der Waals surface area contributed by atoms with Gasteiger partial charge in [-0.05, 0) is 24.3 Å². The highest BCUT2D eigenvalue weighted by atomic mass is 35.6. The molecule has 8 heteroatoms. The normalized spacial score (nSPS) is 11.7. The summed E-state index contributed by atoms with van der Waals surface area (Å²) < 4.78 is 25.0. The molecule has 0 unspecified atom stereocenters. The average Bonchev–Trinajstić information content (AvgIpc) is 2.49. The van der Waals surface area contributed by atoms with Crippen LogP contribution in [0.4, 0.5) is 20.3 Å². The van der Waals surface area contributed by atoms with Gasteiger partial charge >= 0.3 is 0 Å². The van der Waals surface area contributed by atoms with Crippen LogP contribution in [0.5, 0.6) is 0 Å². The van der Waals surface area contributed by atoms with Gasteiger partial charge in [-0.1, -0.05) is 46.9 Å². The zero-order chi connectivity index (χ0) is 16.6. The lowest BCUT2D eigenvalue weighted by molar-refractivity contribution is 0.586. The molecule has 1 N–H and O–H groups in total. The van der Waals surface area contributed by atoms with E-state index in [0.717, 1.165) is 12.1 Å². The molecule has 0 aliphatic carbocycles. The maximum atomic E-state index is 13.8. The number of alkyl halides is 3. The van der Waals surface area contributed by atoms with E-state index in [2.05, 4.69) is 15.3 Å². The fraction of sp³-hybridized carbons (Fsp3) is 0.0667. The molecule has 0 radical (unpaired) electrons. The molecule has 3 rings (SSSR count). The number of hydrogen-bond acceptors (Lipinski definition) is 3. The number of anilines is 2. The molecule has 118 valence electrons. The van der Waals surface area contributed by atoms with Gasteiger partial charge in [0.25, 0.3) is 0 Å². The number of nitrogens with zero attached hydrogens (tertiary/aromatic N) is 2. The van der Waals surface area contributed by atoms with E-state index in [4.69, 9.17) is 34.8 Å². The summed E-state index contributed by atoms with van der Waals surface area (Å²) in [5, 5.41) is 3.39. The minimum absolute atomic E-state index is 0.0468. The van der Waals surface area contributed by atoms with Gasteiger partial charge in [-0.25, -0.2) is 18.7 Å². The average molecular weight is 375 g/mol. The first-order valence-corrected chi connectivity index (χ1v) is 7.54. The van der Waals surface area contributed by atoms with Crippen LogP contribution in [0.1, 0.15) is 5.82 Å². The fourth-order valence-corrected chi connectivity index (χ4v) is 2.27. The van der Waals surface area contributed by atoms with Gasteiger partial charge in [-0.2, -0.15) is 0 Å².